The third-order valence-corrected chi connectivity index (χ3v) is 3.64. The van der Waals surface area contributed by atoms with Crippen molar-refractivity contribution in [2.24, 2.45) is 0 Å². The second kappa shape index (κ2) is 12.4. The third-order valence-electron chi connectivity index (χ3n) is 3.64. The Kier molecular flexibility index (Phi) is 12.3. The molecule has 0 amide bonds. The Balaban J connectivity index is 3.72. The molecule has 0 rings (SSSR count). The molecule has 0 saturated heterocycles. The first kappa shape index (κ1) is 20.8. The van der Waals surface area contributed by atoms with Gasteiger partial charge in [-0.05, 0) is 53.6 Å². The Bertz CT molecular complexity index is 229. The highest BCUT2D eigenvalue weighted by Crippen LogP contribution is 2.06. The van der Waals surface area contributed by atoms with E-state index < -0.39 is 0 Å². The first-order valence-corrected chi connectivity index (χ1v) is 8.37. The van der Waals surface area contributed by atoms with E-state index in [0.29, 0.717) is 6.04 Å². The van der Waals surface area contributed by atoms with Crippen molar-refractivity contribution < 1.29 is 9.47 Å². The van der Waals surface area contributed by atoms with Gasteiger partial charge in [0.05, 0.1) is 13.2 Å². The van der Waals surface area contributed by atoms with Gasteiger partial charge in [0.2, 0.25) is 0 Å². The second-order valence-electron chi connectivity index (χ2n) is 6.92. The zero-order valence-electron chi connectivity index (χ0n) is 15.2. The van der Waals surface area contributed by atoms with Gasteiger partial charge in [-0.3, -0.25) is 4.90 Å². The van der Waals surface area contributed by atoms with Crippen LogP contribution in [-0.4, -0.2) is 63.5 Å². The van der Waals surface area contributed by atoms with Crippen LogP contribution >= 0.6 is 0 Å². The topological polar surface area (TPSA) is 33.7 Å². The van der Waals surface area contributed by atoms with E-state index in [1.54, 1.807) is 14.2 Å². The Labute approximate surface area is 132 Å². The summed E-state index contributed by atoms with van der Waals surface area (Å²) in [6, 6.07) is 0.465. The summed E-state index contributed by atoms with van der Waals surface area (Å²) in [6.07, 6.45) is 5.13. The number of ether oxygens (including phenoxy) is 2. The Morgan fingerprint density at radius 3 is 2.19 bits per heavy atom. The van der Waals surface area contributed by atoms with Gasteiger partial charge in [0.25, 0.3) is 0 Å². The van der Waals surface area contributed by atoms with Crippen LogP contribution in [0.5, 0.6) is 0 Å². The Hall–Kier alpha value is -0.160. The average molecular weight is 303 g/mol. The van der Waals surface area contributed by atoms with E-state index in [1.165, 1.54) is 25.7 Å². The highest BCUT2D eigenvalue weighted by Gasteiger charge is 2.12. The van der Waals surface area contributed by atoms with Crippen LogP contribution in [0.15, 0.2) is 0 Å². The van der Waals surface area contributed by atoms with Gasteiger partial charge in [-0.1, -0.05) is 12.8 Å². The van der Waals surface area contributed by atoms with Gasteiger partial charge in [-0.2, -0.15) is 0 Å². The Morgan fingerprint density at radius 1 is 0.952 bits per heavy atom. The van der Waals surface area contributed by atoms with E-state index in [4.69, 9.17) is 9.47 Å². The van der Waals surface area contributed by atoms with Gasteiger partial charge in [0.15, 0.2) is 0 Å². The average Bonchev–Trinajstić information content (AvgIpc) is 2.40. The van der Waals surface area contributed by atoms with Gasteiger partial charge in [0, 0.05) is 32.3 Å². The molecule has 1 unspecified atom stereocenters. The van der Waals surface area contributed by atoms with Gasteiger partial charge >= 0.3 is 0 Å². The monoisotopic (exact) mass is 302 g/mol. The normalized spacial score (nSPS) is 13.9. The van der Waals surface area contributed by atoms with Crippen molar-refractivity contribution in [2.45, 2.75) is 65.0 Å². The summed E-state index contributed by atoms with van der Waals surface area (Å²) in [5.74, 6) is 0. The van der Waals surface area contributed by atoms with E-state index >= 15 is 0 Å². The minimum atomic E-state index is 0.243. The lowest BCUT2D eigenvalue weighted by Gasteiger charge is -2.28. The molecule has 0 aliphatic heterocycles. The van der Waals surface area contributed by atoms with Crippen molar-refractivity contribution in [3.63, 3.8) is 0 Å². The van der Waals surface area contributed by atoms with Crippen molar-refractivity contribution >= 4 is 0 Å². The zero-order chi connectivity index (χ0) is 16.1. The minimum Gasteiger partial charge on any atom is -0.383 e. The molecule has 0 saturated carbocycles. The Morgan fingerprint density at radius 2 is 1.62 bits per heavy atom. The summed E-state index contributed by atoms with van der Waals surface area (Å²) >= 11 is 0. The molecule has 0 fully saturated rings. The summed E-state index contributed by atoms with van der Waals surface area (Å²) < 4.78 is 10.5. The molecule has 0 aliphatic rings. The van der Waals surface area contributed by atoms with Crippen LogP contribution in [0.3, 0.4) is 0 Å². The number of methoxy groups -OCH3 is 2. The summed E-state index contributed by atoms with van der Waals surface area (Å²) in [5, 5.41) is 3.54. The standard InChI is InChI=1S/C17H38N2O2/c1-16(15-21-6)19(13-14-20-5)12-10-8-7-9-11-18-17(2,3)4/h16,18H,7-15H2,1-6H3. The quantitative estimate of drug-likeness (QED) is 0.530. The number of nitrogens with one attached hydrogen (secondary N) is 1. The van der Waals surface area contributed by atoms with Crippen LogP contribution in [0.25, 0.3) is 0 Å². The molecule has 0 bridgehead atoms. The summed E-state index contributed by atoms with van der Waals surface area (Å²) in [4.78, 5) is 2.47. The first-order chi connectivity index (χ1) is 9.90. The fourth-order valence-corrected chi connectivity index (χ4v) is 2.36. The molecule has 0 heterocycles. The van der Waals surface area contributed by atoms with Crippen LogP contribution in [0, 0.1) is 0 Å². The number of hydrogen-bond acceptors (Lipinski definition) is 4. The molecule has 0 spiro atoms. The van der Waals surface area contributed by atoms with Crippen LogP contribution < -0.4 is 5.32 Å². The fourth-order valence-electron chi connectivity index (χ4n) is 2.36. The molecule has 0 aromatic rings. The predicted octanol–water partition coefficient (Wildman–Crippen LogP) is 2.92. The molecular weight excluding hydrogens is 264 g/mol. The summed E-state index contributed by atoms with van der Waals surface area (Å²) in [5.41, 5.74) is 0.243. The molecule has 0 aromatic heterocycles. The van der Waals surface area contributed by atoms with Crippen LogP contribution in [-0.2, 0) is 9.47 Å². The van der Waals surface area contributed by atoms with Crippen molar-refractivity contribution in [3.8, 4) is 0 Å². The van der Waals surface area contributed by atoms with Gasteiger partial charge < -0.3 is 14.8 Å². The molecule has 0 aromatic carbocycles. The molecule has 1 N–H and O–H groups in total. The summed E-state index contributed by atoms with van der Waals surface area (Å²) in [6.45, 7) is 13.7. The van der Waals surface area contributed by atoms with Gasteiger partial charge in [-0.15, -0.1) is 0 Å². The van der Waals surface area contributed by atoms with Crippen LogP contribution in [0.4, 0.5) is 0 Å². The number of nitrogens with zero attached hydrogens (tertiary/aromatic N) is 1. The lowest BCUT2D eigenvalue weighted by Crippen LogP contribution is -2.39. The maximum atomic E-state index is 5.27. The van der Waals surface area contributed by atoms with E-state index in [9.17, 15) is 0 Å². The molecule has 128 valence electrons. The van der Waals surface area contributed by atoms with E-state index in [0.717, 1.165) is 32.8 Å². The highest BCUT2D eigenvalue weighted by molar-refractivity contribution is 4.70. The number of unbranched alkanes of at least 4 members (excludes halogenated alkanes) is 3. The molecule has 0 radical (unpaired) electrons. The third kappa shape index (κ3) is 13.2. The van der Waals surface area contributed by atoms with Crippen LogP contribution in [0.2, 0.25) is 0 Å². The molecule has 0 aliphatic carbocycles. The van der Waals surface area contributed by atoms with E-state index in [1.807, 2.05) is 0 Å². The maximum absolute atomic E-state index is 5.27. The lowest BCUT2D eigenvalue weighted by atomic mass is 10.1. The number of rotatable bonds is 13. The van der Waals surface area contributed by atoms with E-state index in [-0.39, 0.29) is 5.54 Å². The SMILES string of the molecule is COCCN(CCCCCCNC(C)(C)C)C(C)COC. The fraction of sp³-hybridized carbons (Fsp3) is 1.00. The molecule has 4 heteroatoms. The van der Waals surface area contributed by atoms with Crippen molar-refractivity contribution in [3.05, 3.63) is 0 Å². The second-order valence-corrected chi connectivity index (χ2v) is 6.92. The first-order valence-electron chi connectivity index (χ1n) is 8.37. The number of hydrogen-bond donors (Lipinski definition) is 1. The van der Waals surface area contributed by atoms with Crippen molar-refractivity contribution in [1.29, 1.82) is 0 Å². The molecular formula is C17H38N2O2. The van der Waals surface area contributed by atoms with Crippen LogP contribution in [0.1, 0.15) is 53.4 Å². The highest BCUT2D eigenvalue weighted by atomic mass is 16.5. The van der Waals surface area contributed by atoms with Crippen molar-refractivity contribution in [1.82, 2.24) is 10.2 Å². The smallest absolute Gasteiger partial charge is 0.0615 e. The lowest BCUT2D eigenvalue weighted by molar-refractivity contribution is 0.0739. The molecule has 21 heavy (non-hydrogen) atoms. The predicted molar refractivity (Wildman–Crippen MR) is 91.0 cm³/mol. The minimum absolute atomic E-state index is 0.243. The van der Waals surface area contributed by atoms with Gasteiger partial charge in [-0.25, -0.2) is 0 Å². The van der Waals surface area contributed by atoms with Crippen molar-refractivity contribution in [2.75, 3.05) is 47.1 Å². The summed E-state index contributed by atoms with van der Waals surface area (Å²) in [7, 11) is 3.54. The molecule has 4 nitrogen and oxygen atoms in total. The van der Waals surface area contributed by atoms with E-state index in [2.05, 4.69) is 37.9 Å². The zero-order valence-corrected chi connectivity index (χ0v) is 15.2. The van der Waals surface area contributed by atoms with Gasteiger partial charge in [0.1, 0.15) is 0 Å². The largest absolute Gasteiger partial charge is 0.383 e. The molecule has 1 atom stereocenters. The maximum Gasteiger partial charge on any atom is 0.0615 e.